The average Bonchev–Trinajstić information content (AvgIpc) is 2.27. The molecule has 1 aromatic carbocycles. The number of halogens is 1. The van der Waals surface area contributed by atoms with E-state index in [9.17, 15) is 9.59 Å². The predicted octanol–water partition coefficient (Wildman–Crippen LogP) is 0.172. The highest BCUT2D eigenvalue weighted by atomic mass is 35.5. The Bertz CT molecular complexity index is 379. The van der Waals surface area contributed by atoms with Crippen molar-refractivity contribution in [3.05, 3.63) is 35.4 Å². The van der Waals surface area contributed by atoms with Crippen molar-refractivity contribution in [1.82, 2.24) is 5.32 Å². The van der Waals surface area contributed by atoms with Crippen LogP contribution in [-0.4, -0.2) is 18.4 Å². The highest BCUT2D eigenvalue weighted by Crippen LogP contribution is 2.03. The van der Waals surface area contributed by atoms with Crippen LogP contribution in [0.5, 0.6) is 0 Å². The van der Waals surface area contributed by atoms with E-state index in [1.165, 1.54) is 0 Å². The van der Waals surface area contributed by atoms with Crippen LogP contribution in [0.2, 0.25) is 0 Å². The molecule has 0 fully saturated rings. The second kappa shape index (κ2) is 7.65. The molecule has 6 heteroatoms. The molecule has 0 radical (unpaired) electrons. The second-order valence-electron chi connectivity index (χ2n) is 3.38. The van der Waals surface area contributed by atoms with Crippen LogP contribution in [0.4, 0.5) is 0 Å². The number of benzene rings is 1. The lowest BCUT2D eigenvalue weighted by Crippen LogP contribution is -2.25. The highest BCUT2D eigenvalue weighted by molar-refractivity contribution is 5.92. The summed E-state index contributed by atoms with van der Waals surface area (Å²) in [5, 5.41) is 2.71. The molecule has 0 bridgehead atoms. The summed E-state index contributed by atoms with van der Waals surface area (Å²) in [4.78, 5) is 21.9. The predicted molar refractivity (Wildman–Crippen MR) is 67.7 cm³/mol. The Morgan fingerprint density at radius 1 is 1.18 bits per heavy atom. The second-order valence-corrected chi connectivity index (χ2v) is 3.38. The number of hydrogen-bond acceptors (Lipinski definition) is 3. The van der Waals surface area contributed by atoms with E-state index in [1.54, 1.807) is 24.3 Å². The lowest BCUT2D eigenvalue weighted by molar-refractivity contribution is -0.121. The van der Waals surface area contributed by atoms with Gasteiger partial charge < -0.3 is 16.8 Å². The lowest BCUT2D eigenvalue weighted by Gasteiger charge is -2.04. The molecule has 5 N–H and O–H groups in total. The maximum Gasteiger partial charge on any atom is 0.248 e. The summed E-state index contributed by atoms with van der Waals surface area (Å²) < 4.78 is 0. The molecule has 0 aliphatic carbocycles. The molecular weight excluding hydrogens is 242 g/mol. The highest BCUT2D eigenvalue weighted by Gasteiger charge is 2.01. The van der Waals surface area contributed by atoms with Gasteiger partial charge in [0.25, 0.3) is 0 Å². The molecule has 5 nitrogen and oxygen atoms in total. The van der Waals surface area contributed by atoms with Gasteiger partial charge in [-0.3, -0.25) is 9.59 Å². The fourth-order valence-electron chi connectivity index (χ4n) is 1.21. The van der Waals surface area contributed by atoms with Gasteiger partial charge in [-0.2, -0.15) is 0 Å². The summed E-state index contributed by atoms with van der Waals surface area (Å²) in [7, 11) is 0. The van der Waals surface area contributed by atoms with Gasteiger partial charge in [-0.15, -0.1) is 12.4 Å². The van der Waals surface area contributed by atoms with Crippen molar-refractivity contribution in [2.24, 2.45) is 11.5 Å². The number of rotatable bonds is 5. The van der Waals surface area contributed by atoms with E-state index in [0.29, 0.717) is 25.1 Å². The summed E-state index contributed by atoms with van der Waals surface area (Å²) in [6.07, 6.45) is 0.319. The Morgan fingerprint density at radius 2 is 1.76 bits per heavy atom. The molecule has 0 aromatic heterocycles. The zero-order valence-electron chi connectivity index (χ0n) is 9.31. The van der Waals surface area contributed by atoms with Crippen LogP contribution in [0.15, 0.2) is 24.3 Å². The van der Waals surface area contributed by atoms with E-state index < -0.39 is 5.91 Å². The molecule has 0 aliphatic heterocycles. The minimum Gasteiger partial charge on any atom is -0.366 e. The third kappa shape index (κ3) is 5.33. The topological polar surface area (TPSA) is 98.2 Å². The SMILES string of the molecule is Cl.NCCC(=O)NCc1ccc(C(N)=O)cc1. The van der Waals surface area contributed by atoms with E-state index >= 15 is 0 Å². The summed E-state index contributed by atoms with van der Waals surface area (Å²) in [5.41, 5.74) is 11.7. The van der Waals surface area contributed by atoms with Crippen LogP contribution < -0.4 is 16.8 Å². The molecule has 0 saturated heterocycles. The zero-order chi connectivity index (χ0) is 12.0. The van der Waals surface area contributed by atoms with Gasteiger partial charge in [0.1, 0.15) is 0 Å². The number of hydrogen-bond donors (Lipinski definition) is 3. The fourth-order valence-corrected chi connectivity index (χ4v) is 1.21. The van der Waals surface area contributed by atoms with Crippen LogP contribution in [-0.2, 0) is 11.3 Å². The molecule has 0 atom stereocenters. The van der Waals surface area contributed by atoms with Gasteiger partial charge in [0.2, 0.25) is 11.8 Å². The van der Waals surface area contributed by atoms with Crippen molar-refractivity contribution in [2.75, 3.05) is 6.54 Å². The summed E-state index contributed by atoms with van der Waals surface area (Å²) in [6, 6.07) is 6.77. The minimum absolute atomic E-state index is 0. The third-order valence-corrected chi connectivity index (χ3v) is 2.10. The summed E-state index contributed by atoms with van der Waals surface area (Å²) in [6.45, 7) is 0.768. The molecule has 0 aliphatic rings. The quantitative estimate of drug-likeness (QED) is 0.701. The molecule has 0 unspecified atom stereocenters. The first kappa shape index (κ1) is 15.4. The fraction of sp³-hybridized carbons (Fsp3) is 0.273. The van der Waals surface area contributed by atoms with Crippen molar-refractivity contribution in [3.8, 4) is 0 Å². The van der Waals surface area contributed by atoms with Crippen molar-refractivity contribution >= 4 is 24.2 Å². The minimum atomic E-state index is -0.460. The zero-order valence-corrected chi connectivity index (χ0v) is 10.1. The Balaban J connectivity index is 0.00000256. The maximum atomic E-state index is 11.1. The average molecular weight is 258 g/mol. The molecule has 2 amide bonds. The Hall–Kier alpha value is -1.59. The summed E-state index contributed by atoms with van der Waals surface area (Å²) >= 11 is 0. The van der Waals surface area contributed by atoms with Gasteiger partial charge in [0.05, 0.1) is 0 Å². The first-order valence-corrected chi connectivity index (χ1v) is 4.99. The molecule has 0 spiro atoms. The number of nitrogens with one attached hydrogen (secondary N) is 1. The Morgan fingerprint density at radius 3 is 2.24 bits per heavy atom. The van der Waals surface area contributed by atoms with Gasteiger partial charge in [-0.05, 0) is 17.7 Å². The van der Waals surface area contributed by atoms with Gasteiger partial charge in [-0.1, -0.05) is 12.1 Å². The van der Waals surface area contributed by atoms with E-state index in [1.807, 2.05) is 0 Å². The Kier molecular flexibility index (Phi) is 6.93. The standard InChI is InChI=1S/C11H15N3O2.ClH/c12-6-5-10(15)14-7-8-1-3-9(4-2-8)11(13)16;/h1-4H,5-7,12H2,(H2,13,16)(H,14,15);1H. The molecule has 1 aromatic rings. The number of amides is 2. The largest absolute Gasteiger partial charge is 0.366 e. The monoisotopic (exact) mass is 257 g/mol. The van der Waals surface area contributed by atoms with Gasteiger partial charge in [-0.25, -0.2) is 0 Å². The van der Waals surface area contributed by atoms with Gasteiger partial charge >= 0.3 is 0 Å². The number of carbonyl (C=O) groups excluding carboxylic acids is 2. The van der Waals surface area contributed by atoms with Crippen LogP contribution >= 0.6 is 12.4 Å². The lowest BCUT2D eigenvalue weighted by atomic mass is 10.1. The van der Waals surface area contributed by atoms with Gasteiger partial charge in [0.15, 0.2) is 0 Å². The first-order valence-electron chi connectivity index (χ1n) is 4.99. The van der Waals surface area contributed by atoms with Crippen LogP contribution in [0.3, 0.4) is 0 Å². The normalized spacial score (nSPS) is 9.24. The van der Waals surface area contributed by atoms with Crippen molar-refractivity contribution in [1.29, 1.82) is 0 Å². The first-order chi connectivity index (χ1) is 7.63. The molecule has 94 valence electrons. The molecular formula is C11H16ClN3O2. The van der Waals surface area contributed by atoms with Crippen molar-refractivity contribution < 1.29 is 9.59 Å². The van der Waals surface area contributed by atoms with Crippen LogP contribution in [0.25, 0.3) is 0 Å². The van der Waals surface area contributed by atoms with Gasteiger partial charge in [0, 0.05) is 25.1 Å². The molecule has 0 saturated carbocycles. The smallest absolute Gasteiger partial charge is 0.248 e. The van der Waals surface area contributed by atoms with E-state index in [4.69, 9.17) is 11.5 Å². The van der Waals surface area contributed by atoms with E-state index in [2.05, 4.69) is 5.32 Å². The van der Waals surface area contributed by atoms with Crippen LogP contribution in [0.1, 0.15) is 22.3 Å². The molecule has 17 heavy (non-hydrogen) atoms. The van der Waals surface area contributed by atoms with Crippen molar-refractivity contribution in [3.63, 3.8) is 0 Å². The number of primary amides is 1. The third-order valence-electron chi connectivity index (χ3n) is 2.10. The molecule has 1 rings (SSSR count). The van der Waals surface area contributed by atoms with Crippen LogP contribution in [0, 0.1) is 0 Å². The molecule has 0 heterocycles. The van der Waals surface area contributed by atoms with E-state index in [-0.39, 0.29) is 18.3 Å². The van der Waals surface area contributed by atoms with E-state index in [0.717, 1.165) is 5.56 Å². The summed E-state index contributed by atoms with van der Waals surface area (Å²) in [5.74, 6) is -0.541. The Labute approximate surface area is 106 Å². The van der Waals surface area contributed by atoms with Crippen molar-refractivity contribution in [2.45, 2.75) is 13.0 Å². The number of carbonyl (C=O) groups is 2. The maximum absolute atomic E-state index is 11.1. The number of nitrogens with two attached hydrogens (primary N) is 2.